The molecule has 1 amide bonds. The zero-order valence-corrected chi connectivity index (χ0v) is 9.77. The molecule has 17 heavy (non-hydrogen) atoms. The van der Waals surface area contributed by atoms with Crippen LogP contribution in [-0.2, 0) is 4.79 Å². The summed E-state index contributed by atoms with van der Waals surface area (Å²) in [5.74, 6) is 0.712. The van der Waals surface area contributed by atoms with E-state index in [-0.39, 0.29) is 11.8 Å². The number of nitrogens with one attached hydrogen (secondary N) is 1. The summed E-state index contributed by atoms with van der Waals surface area (Å²) < 4.78 is 5.06. The van der Waals surface area contributed by atoms with Gasteiger partial charge in [-0.05, 0) is 31.0 Å². The SMILES string of the molecule is COc1ccc(NC(=O)C2CC=CC2)cc1N. The quantitative estimate of drug-likeness (QED) is 0.620. The van der Waals surface area contributed by atoms with Crippen LogP contribution in [0.15, 0.2) is 30.4 Å². The lowest BCUT2D eigenvalue weighted by molar-refractivity contribution is -0.119. The molecule has 4 heteroatoms. The van der Waals surface area contributed by atoms with Crippen LogP contribution in [0, 0.1) is 5.92 Å². The van der Waals surface area contributed by atoms with Crippen LogP contribution in [-0.4, -0.2) is 13.0 Å². The maximum Gasteiger partial charge on any atom is 0.228 e. The second-order valence-electron chi connectivity index (χ2n) is 4.09. The van der Waals surface area contributed by atoms with Gasteiger partial charge in [0.05, 0.1) is 12.8 Å². The Kier molecular flexibility index (Phi) is 3.32. The van der Waals surface area contributed by atoms with Gasteiger partial charge in [0.1, 0.15) is 5.75 Å². The van der Waals surface area contributed by atoms with Crippen LogP contribution in [0.25, 0.3) is 0 Å². The van der Waals surface area contributed by atoms with Crippen molar-refractivity contribution in [3.05, 3.63) is 30.4 Å². The number of amides is 1. The number of carbonyl (C=O) groups is 1. The first-order chi connectivity index (χ1) is 8.20. The van der Waals surface area contributed by atoms with Crippen molar-refractivity contribution in [3.8, 4) is 5.75 Å². The first-order valence-electron chi connectivity index (χ1n) is 5.60. The fourth-order valence-corrected chi connectivity index (χ4v) is 1.89. The average molecular weight is 232 g/mol. The molecule has 0 saturated heterocycles. The largest absolute Gasteiger partial charge is 0.495 e. The Morgan fingerprint density at radius 1 is 1.41 bits per heavy atom. The summed E-state index contributed by atoms with van der Waals surface area (Å²) in [7, 11) is 1.56. The molecule has 1 aromatic carbocycles. The Labute approximate surface area is 100 Å². The van der Waals surface area contributed by atoms with E-state index in [9.17, 15) is 4.79 Å². The number of methoxy groups -OCH3 is 1. The highest BCUT2D eigenvalue weighted by Gasteiger charge is 2.19. The van der Waals surface area contributed by atoms with E-state index in [1.54, 1.807) is 25.3 Å². The van der Waals surface area contributed by atoms with E-state index < -0.39 is 0 Å². The standard InChI is InChI=1S/C13H16N2O2/c1-17-12-7-6-10(8-11(12)14)15-13(16)9-4-2-3-5-9/h2-3,6-9H,4-5,14H2,1H3,(H,15,16). The molecule has 90 valence electrons. The van der Waals surface area contributed by atoms with Crippen LogP contribution < -0.4 is 15.8 Å². The summed E-state index contributed by atoms with van der Waals surface area (Å²) in [5, 5.41) is 2.86. The van der Waals surface area contributed by atoms with Gasteiger partial charge in [-0.2, -0.15) is 0 Å². The third kappa shape index (κ3) is 2.58. The van der Waals surface area contributed by atoms with Gasteiger partial charge in [0, 0.05) is 11.6 Å². The van der Waals surface area contributed by atoms with Gasteiger partial charge in [-0.1, -0.05) is 12.2 Å². The maximum absolute atomic E-state index is 11.9. The Bertz CT molecular complexity index is 447. The summed E-state index contributed by atoms with van der Waals surface area (Å²) in [5.41, 5.74) is 7.00. The second-order valence-corrected chi connectivity index (χ2v) is 4.09. The molecule has 0 bridgehead atoms. The zero-order valence-electron chi connectivity index (χ0n) is 9.77. The smallest absolute Gasteiger partial charge is 0.228 e. The van der Waals surface area contributed by atoms with Crippen molar-refractivity contribution in [2.45, 2.75) is 12.8 Å². The van der Waals surface area contributed by atoms with Crippen molar-refractivity contribution in [3.63, 3.8) is 0 Å². The fraction of sp³-hybridized carbons (Fsp3) is 0.308. The van der Waals surface area contributed by atoms with E-state index in [0.717, 1.165) is 12.8 Å². The number of carbonyl (C=O) groups excluding carboxylic acids is 1. The van der Waals surface area contributed by atoms with Crippen LogP contribution in [0.5, 0.6) is 5.75 Å². The minimum atomic E-state index is 0.0413. The number of nitrogens with two attached hydrogens (primary N) is 1. The first-order valence-corrected chi connectivity index (χ1v) is 5.60. The topological polar surface area (TPSA) is 64.3 Å². The van der Waals surface area contributed by atoms with Crippen molar-refractivity contribution in [2.75, 3.05) is 18.2 Å². The van der Waals surface area contributed by atoms with E-state index in [1.807, 2.05) is 12.2 Å². The molecular formula is C13H16N2O2. The zero-order chi connectivity index (χ0) is 12.3. The first kappa shape index (κ1) is 11.5. The normalized spacial score (nSPS) is 14.9. The van der Waals surface area contributed by atoms with Crippen LogP contribution in [0.2, 0.25) is 0 Å². The van der Waals surface area contributed by atoms with Crippen LogP contribution in [0.1, 0.15) is 12.8 Å². The number of hydrogen-bond acceptors (Lipinski definition) is 3. The Hall–Kier alpha value is -1.97. The second kappa shape index (κ2) is 4.91. The molecule has 0 atom stereocenters. The van der Waals surface area contributed by atoms with Gasteiger partial charge in [0.25, 0.3) is 0 Å². The molecule has 0 aromatic heterocycles. The number of rotatable bonds is 3. The van der Waals surface area contributed by atoms with Crippen molar-refractivity contribution in [2.24, 2.45) is 5.92 Å². The highest BCUT2D eigenvalue weighted by molar-refractivity contribution is 5.93. The summed E-state index contributed by atoms with van der Waals surface area (Å²) in [6.07, 6.45) is 5.70. The molecule has 1 aromatic rings. The minimum absolute atomic E-state index is 0.0413. The summed E-state index contributed by atoms with van der Waals surface area (Å²) in [6.45, 7) is 0. The summed E-state index contributed by atoms with van der Waals surface area (Å²) in [4.78, 5) is 11.9. The van der Waals surface area contributed by atoms with Gasteiger partial charge in [-0.3, -0.25) is 4.79 Å². The molecular weight excluding hydrogens is 216 g/mol. The number of benzene rings is 1. The van der Waals surface area contributed by atoms with E-state index in [2.05, 4.69) is 5.32 Å². The molecule has 0 radical (unpaired) electrons. The Morgan fingerprint density at radius 2 is 2.12 bits per heavy atom. The third-order valence-corrected chi connectivity index (χ3v) is 2.88. The van der Waals surface area contributed by atoms with Gasteiger partial charge < -0.3 is 15.8 Å². The molecule has 2 rings (SSSR count). The number of anilines is 2. The van der Waals surface area contributed by atoms with Crippen LogP contribution in [0.4, 0.5) is 11.4 Å². The molecule has 0 spiro atoms. The minimum Gasteiger partial charge on any atom is -0.495 e. The number of ether oxygens (including phenoxy) is 1. The van der Waals surface area contributed by atoms with E-state index in [0.29, 0.717) is 17.1 Å². The average Bonchev–Trinajstić information content (AvgIpc) is 2.82. The highest BCUT2D eigenvalue weighted by atomic mass is 16.5. The lowest BCUT2D eigenvalue weighted by Gasteiger charge is -2.12. The fourth-order valence-electron chi connectivity index (χ4n) is 1.89. The van der Waals surface area contributed by atoms with Crippen molar-refractivity contribution < 1.29 is 9.53 Å². The van der Waals surface area contributed by atoms with Crippen LogP contribution in [0.3, 0.4) is 0 Å². The van der Waals surface area contributed by atoms with Gasteiger partial charge in [0.15, 0.2) is 0 Å². The summed E-state index contributed by atoms with van der Waals surface area (Å²) in [6, 6.07) is 5.24. The molecule has 0 heterocycles. The summed E-state index contributed by atoms with van der Waals surface area (Å²) >= 11 is 0. The molecule has 1 aliphatic carbocycles. The predicted octanol–water partition coefficient (Wildman–Crippen LogP) is 2.18. The number of allylic oxidation sites excluding steroid dienone is 2. The lowest BCUT2D eigenvalue weighted by Crippen LogP contribution is -2.20. The highest BCUT2D eigenvalue weighted by Crippen LogP contribution is 2.26. The molecule has 0 fully saturated rings. The Morgan fingerprint density at radius 3 is 2.71 bits per heavy atom. The monoisotopic (exact) mass is 232 g/mol. The van der Waals surface area contributed by atoms with Gasteiger partial charge in [-0.25, -0.2) is 0 Å². The molecule has 4 nitrogen and oxygen atoms in total. The molecule has 0 unspecified atom stereocenters. The van der Waals surface area contributed by atoms with Crippen LogP contribution >= 0.6 is 0 Å². The van der Waals surface area contributed by atoms with Crippen molar-refractivity contribution in [1.29, 1.82) is 0 Å². The Balaban J connectivity index is 2.03. The van der Waals surface area contributed by atoms with Crippen molar-refractivity contribution >= 4 is 17.3 Å². The van der Waals surface area contributed by atoms with Gasteiger partial charge >= 0.3 is 0 Å². The third-order valence-electron chi connectivity index (χ3n) is 2.88. The van der Waals surface area contributed by atoms with Gasteiger partial charge in [-0.15, -0.1) is 0 Å². The molecule has 0 saturated carbocycles. The molecule has 0 aliphatic heterocycles. The predicted molar refractivity (Wildman–Crippen MR) is 67.9 cm³/mol. The molecule has 1 aliphatic rings. The van der Waals surface area contributed by atoms with Gasteiger partial charge in [0.2, 0.25) is 5.91 Å². The van der Waals surface area contributed by atoms with E-state index in [4.69, 9.17) is 10.5 Å². The lowest BCUT2D eigenvalue weighted by atomic mass is 10.1. The number of nitrogen functional groups attached to an aromatic ring is 1. The van der Waals surface area contributed by atoms with Crippen molar-refractivity contribution in [1.82, 2.24) is 0 Å². The van der Waals surface area contributed by atoms with E-state index >= 15 is 0 Å². The molecule has 3 N–H and O–H groups in total. The number of hydrogen-bond donors (Lipinski definition) is 2. The van der Waals surface area contributed by atoms with E-state index in [1.165, 1.54) is 0 Å². The maximum atomic E-state index is 11.9.